The van der Waals surface area contributed by atoms with E-state index in [1.165, 1.54) is 29.1 Å². The standard InChI is InChI=1S/C30H23IO2S2/c1-30(2,3)18-14-16-19(17-15-18)34-24-12-6-8-20-26(24)28(32)21-9-7-13-25(27(21)29(20)33)35-23-11-5-4-10-22(23)31/h4-17H,1-3H3. The maximum absolute atomic E-state index is 13.7. The molecule has 2 nitrogen and oxygen atoms in total. The largest absolute Gasteiger partial charge is 0.289 e. The molecule has 0 radical (unpaired) electrons. The van der Waals surface area contributed by atoms with Gasteiger partial charge in [-0.05, 0) is 70.0 Å². The zero-order chi connectivity index (χ0) is 24.7. The van der Waals surface area contributed by atoms with Crippen LogP contribution < -0.4 is 0 Å². The van der Waals surface area contributed by atoms with E-state index in [4.69, 9.17) is 0 Å². The molecular formula is C30H23IO2S2. The van der Waals surface area contributed by atoms with Crippen molar-refractivity contribution in [2.75, 3.05) is 0 Å². The molecule has 0 fully saturated rings. The summed E-state index contributed by atoms with van der Waals surface area (Å²) >= 11 is 5.36. The van der Waals surface area contributed by atoms with E-state index in [-0.39, 0.29) is 17.0 Å². The van der Waals surface area contributed by atoms with Gasteiger partial charge < -0.3 is 0 Å². The third-order valence-electron chi connectivity index (χ3n) is 6.00. The van der Waals surface area contributed by atoms with Crippen molar-refractivity contribution in [2.45, 2.75) is 45.8 Å². The van der Waals surface area contributed by atoms with Crippen LogP contribution in [0.1, 0.15) is 58.2 Å². The Balaban J connectivity index is 1.53. The van der Waals surface area contributed by atoms with Gasteiger partial charge in [0, 0.05) is 45.4 Å². The molecule has 5 rings (SSSR count). The summed E-state index contributed by atoms with van der Waals surface area (Å²) in [6, 6.07) is 27.7. The number of halogens is 1. The topological polar surface area (TPSA) is 34.1 Å². The van der Waals surface area contributed by atoms with Crippen molar-refractivity contribution in [3.63, 3.8) is 0 Å². The average Bonchev–Trinajstić information content (AvgIpc) is 2.83. The Hall–Kier alpha value is -2.35. The Kier molecular flexibility index (Phi) is 6.68. The van der Waals surface area contributed by atoms with Crippen molar-refractivity contribution < 1.29 is 9.59 Å². The number of fused-ring (bicyclic) bond motifs is 2. The predicted molar refractivity (Wildman–Crippen MR) is 152 cm³/mol. The van der Waals surface area contributed by atoms with Crippen LogP contribution in [0.5, 0.6) is 0 Å². The Morgan fingerprint density at radius 3 is 1.66 bits per heavy atom. The molecule has 1 aliphatic carbocycles. The summed E-state index contributed by atoms with van der Waals surface area (Å²) < 4.78 is 1.11. The molecule has 0 atom stereocenters. The molecule has 4 aromatic rings. The highest BCUT2D eigenvalue weighted by atomic mass is 127. The van der Waals surface area contributed by atoms with Gasteiger partial charge in [0.2, 0.25) is 0 Å². The van der Waals surface area contributed by atoms with Crippen LogP contribution >= 0.6 is 46.1 Å². The van der Waals surface area contributed by atoms with Crippen LogP contribution in [0.15, 0.2) is 105 Å². The highest BCUT2D eigenvalue weighted by Crippen LogP contribution is 2.42. The maximum Gasteiger partial charge on any atom is 0.195 e. The van der Waals surface area contributed by atoms with Gasteiger partial charge in [0.15, 0.2) is 11.6 Å². The highest BCUT2D eigenvalue weighted by Gasteiger charge is 2.33. The molecule has 1 aliphatic rings. The van der Waals surface area contributed by atoms with Gasteiger partial charge >= 0.3 is 0 Å². The van der Waals surface area contributed by atoms with Gasteiger partial charge in [0.05, 0.1) is 0 Å². The average molecular weight is 607 g/mol. The van der Waals surface area contributed by atoms with Crippen molar-refractivity contribution in [3.8, 4) is 0 Å². The summed E-state index contributed by atoms with van der Waals surface area (Å²) in [7, 11) is 0. The van der Waals surface area contributed by atoms with Crippen LogP contribution in [0.2, 0.25) is 0 Å². The van der Waals surface area contributed by atoms with E-state index in [1.807, 2.05) is 48.5 Å². The van der Waals surface area contributed by atoms with Crippen LogP contribution in [0, 0.1) is 3.57 Å². The van der Waals surface area contributed by atoms with E-state index in [1.54, 1.807) is 12.1 Å². The van der Waals surface area contributed by atoms with Gasteiger partial charge in [0.25, 0.3) is 0 Å². The van der Waals surface area contributed by atoms with Gasteiger partial charge in [-0.15, -0.1) is 0 Å². The normalized spacial score (nSPS) is 12.9. The lowest BCUT2D eigenvalue weighted by molar-refractivity contribution is 0.0974. The molecule has 5 heteroatoms. The first-order valence-electron chi connectivity index (χ1n) is 11.3. The zero-order valence-electron chi connectivity index (χ0n) is 19.6. The van der Waals surface area contributed by atoms with Gasteiger partial charge in [0.1, 0.15) is 0 Å². The lowest BCUT2D eigenvalue weighted by Crippen LogP contribution is -2.22. The summed E-state index contributed by atoms with van der Waals surface area (Å²) in [6.07, 6.45) is 0. The molecule has 0 heterocycles. The van der Waals surface area contributed by atoms with Crippen LogP contribution in [-0.4, -0.2) is 11.6 Å². The third kappa shape index (κ3) is 4.74. The number of ketones is 2. The Morgan fingerprint density at radius 2 is 1.11 bits per heavy atom. The SMILES string of the molecule is CC(C)(C)c1ccc(Sc2cccc3c2C(=O)c2cccc(Sc4ccccc4I)c2C3=O)cc1. The van der Waals surface area contributed by atoms with Crippen molar-refractivity contribution >= 4 is 57.7 Å². The molecule has 0 bridgehead atoms. The van der Waals surface area contributed by atoms with E-state index in [2.05, 4.69) is 67.6 Å². The van der Waals surface area contributed by atoms with Crippen LogP contribution in [-0.2, 0) is 5.41 Å². The summed E-state index contributed by atoms with van der Waals surface area (Å²) in [5.41, 5.74) is 3.31. The third-order valence-corrected chi connectivity index (χ3v) is 9.51. The Morgan fingerprint density at radius 1 is 0.600 bits per heavy atom. The monoisotopic (exact) mass is 606 g/mol. The first-order chi connectivity index (χ1) is 16.7. The van der Waals surface area contributed by atoms with Crippen molar-refractivity contribution in [3.05, 3.63) is 116 Å². The lowest BCUT2D eigenvalue weighted by Gasteiger charge is -2.22. The van der Waals surface area contributed by atoms with Gasteiger partial charge in [-0.3, -0.25) is 9.59 Å². The number of carbonyl (C=O) groups excluding carboxylic acids is 2. The molecule has 0 aliphatic heterocycles. The molecule has 4 aromatic carbocycles. The minimum atomic E-state index is -0.0887. The molecule has 0 unspecified atom stereocenters. The second-order valence-electron chi connectivity index (χ2n) is 9.42. The molecule has 0 aromatic heterocycles. The molecule has 0 amide bonds. The van der Waals surface area contributed by atoms with E-state index < -0.39 is 0 Å². The van der Waals surface area contributed by atoms with Crippen molar-refractivity contribution in [1.29, 1.82) is 0 Å². The molecule has 0 saturated carbocycles. The van der Waals surface area contributed by atoms with Crippen LogP contribution in [0.4, 0.5) is 0 Å². The number of carbonyl (C=O) groups is 2. The Bertz CT molecular complexity index is 1470. The van der Waals surface area contributed by atoms with Crippen LogP contribution in [0.25, 0.3) is 0 Å². The smallest absolute Gasteiger partial charge is 0.195 e. The molecule has 0 spiro atoms. The molecular weight excluding hydrogens is 583 g/mol. The second-order valence-corrected chi connectivity index (χ2v) is 12.8. The van der Waals surface area contributed by atoms with Gasteiger partial charge in [-0.2, -0.15) is 0 Å². The first kappa shape index (κ1) is 24.3. The molecule has 0 N–H and O–H groups in total. The van der Waals surface area contributed by atoms with E-state index in [9.17, 15) is 9.59 Å². The summed E-state index contributed by atoms with van der Waals surface area (Å²) in [5, 5.41) is 0. The Labute approximate surface area is 228 Å². The highest BCUT2D eigenvalue weighted by molar-refractivity contribution is 14.1. The predicted octanol–water partition coefficient (Wildman–Crippen LogP) is 8.67. The molecule has 35 heavy (non-hydrogen) atoms. The van der Waals surface area contributed by atoms with Gasteiger partial charge in [-0.25, -0.2) is 0 Å². The van der Waals surface area contributed by atoms with Gasteiger partial charge in [-0.1, -0.05) is 92.8 Å². The van der Waals surface area contributed by atoms with Crippen LogP contribution in [0.3, 0.4) is 0 Å². The molecule has 174 valence electrons. The fourth-order valence-corrected chi connectivity index (χ4v) is 6.84. The maximum atomic E-state index is 13.7. The quantitative estimate of drug-likeness (QED) is 0.192. The molecule has 0 saturated heterocycles. The number of hydrogen-bond acceptors (Lipinski definition) is 4. The minimum Gasteiger partial charge on any atom is -0.289 e. The fourth-order valence-electron chi connectivity index (χ4n) is 4.14. The van der Waals surface area contributed by atoms with E-state index in [0.29, 0.717) is 22.3 Å². The lowest BCUT2D eigenvalue weighted by atomic mass is 9.84. The van der Waals surface area contributed by atoms with E-state index in [0.717, 1.165) is 23.2 Å². The number of benzene rings is 4. The number of rotatable bonds is 4. The second kappa shape index (κ2) is 9.60. The van der Waals surface area contributed by atoms with Crippen molar-refractivity contribution in [2.24, 2.45) is 0 Å². The summed E-state index contributed by atoms with van der Waals surface area (Å²) in [6.45, 7) is 6.57. The summed E-state index contributed by atoms with van der Waals surface area (Å²) in [4.78, 5) is 31.2. The minimum absolute atomic E-state index is 0.0781. The van der Waals surface area contributed by atoms with E-state index >= 15 is 0 Å². The first-order valence-corrected chi connectivity index (χ1v) is 14.0. The summed E-state index contributed by atoms with van der Waals surface area (Å²) in [5.74, 6) is -0.177. The zero-order valence-corrected chi connectivity index (χ0v) is 23.4. The van der Waals surface area contributed by atoms with Crippen molar-refractivity contribution in [1.82, 2.24) is 0 Å². The fraction of sp³-hybridized carbons (Fsp3) is 0.133. The number of hydrogen-bond donors (Lipinski definition) is 0.